The molecule has 7 heteroatoms. The summed E-state index contributed by atoms with van der Waals surface area (Å²) >= 11 is 0. The van der Waals surface area contributed by atoms with Crippen LogP contribution in [0.2, 0.25) is 0 Å². The Kier molecular flexibility index (Phi) is 6.14. The number of hydrogen-bond donors (Lipinski definition) is 1. The highest BCUT2D eigenvalue weighted by atomic mass is 16.7. The summed E-state index contributed by atoms with van der Waals surface area (Å²) in [4.78, 5) is 23.7. The van der Waals surface area contributed by atoms with E-state index >= 15 is 0 Å². The molecule has 2 aromatic rings. The minimum absolute atomic E-state index is 0.176. The molecule has 3 rings (SSSR count). The molecule has 1 N–H and O–H groups in total. The number of methoxy groups -OCH3 is 1. The summed E-state index contributed by atoms with van der Waals surface area (Å²) in [7, 11) is 1.58. The number of ether oxygens (including phenoxy) is 4. The fourth-order valence-corrected chi connectivity index (χ4v) is 2.67. The number of fused-ring (bicyclic) bond motifs is 1. The Balaban J connectivity index is 1.38. The average molecular weight is 371 g/mol. The third-order valence-electron chi connectivity index (χ3n) is 4.08. The molecule has 0 fully saturated rings. The van der Waals surface area contributed by atoms with E-state index in [2.05, 4.69) is 5.32 Å². The summed E-state index contributed by atoms with van der Waals surface area (Å²) < 4.78 is 20.8. The van der Waals surface area contributed by atoms with Gasteiger partial charge in [-0.15, -0.1) is 0 Å². The van der Waals surface area contributed by atoms with E-state index in [9.17, 15) is 9.59 Å². The SMILES string of the molecule is COc1ccccc1CCC(=O)OCC(=O)NCc1ccc2c(c1)OCO2. The summed E-state index contributed by atoms with van der Waals surface area (Å²) in [6.45, 7) is 0.208. The fraction of sp³-hybridized carbons (Fsp3) is 0.300. The van der Waals surface area contributed by atoms with Crippen molar-refractivity contribution in [3.8, 4) is 17.2 Å². The number of carbonyl (C=O) groups excluding carboxylic acids is 2. The number of esters is 1. The molecule has 0 aliphatic carbocycles. The molecule has 0 bridgehead atoms. The Morgan fingerprint density at radius 1 is 1.11 bits per heavy atom. The molecule has 0 aromatic heterocycles. The van der Waals surface area contributed by atoms with Crippen molar-refractivity contribution < 1.29 is 28.5 Å². The van der Waals surface area contributed by atoms with Crippen LogP contribution < -0.4 is 19.5 Å². The van der Waals surface area contributed by atoms with Crippen LogP contribution in [-0.2, 0) is 27.3 Å². The first-order valence-corrected chi connectivity index (χ1v) is 8.58. The molecule has 0 spiro atoms. The van der Waals surface area contributed by atoms with Gasteiger partial charge >= 0.3 is 5.97 Å². The smallest absolute Gasteiger partial charge is 0.306 e. The molecular formula is C20H21NO6. The quantitative estimate of drug-likeness (QED) is 0.717. The van der Waals surface area contributed by atoms with E-state index in [0.717, 1.165) is 16.9 Å². The van der Waals surface area contributed by atoms with Crippen molar-refractivity contribution in [2.45, 2.75) is 19.4 Å². The fourth-order valence-electron chi connectivity index (χ4n) is 2.67. The topological polar surface area (TPSA) is 83.1 Å². The van der Waals surface area contributed by atoms with Gasteiger partial charge in [0, 0.05) is 13.0 Å². The summed E-state index contributed by atoms with van der Waals surface area (Å²) in [6, 6.07) is 12.9. The lowest BCUT2D eigenvalue weighted by atomic mass is 10.1. The number of hydrogen-bond acceptors (Lipinski definition) is 6. The third-order valence-corrected chi connectivity index (χ3v) is 4.08. The van der Waals surface area contributed by atoms with Gasteiger partial charge in [-0.05, 0) is 35.7 Å². The molecule has 1 aliphatic rings. The van der Waals surface area contributed by atoms with E-state index in [1.54, 1.807) is 13.2 Å². The standard InChI is InChI=1S/C20H21NO6/c1-24-16-5-3-2-4-15(16)7-9-20(23)25-12-19(22)21-11-14-6-8-17-18(10-14)27-13-26-17/h2-6,8,10H,7,9,11-13H2,1H3,(H,21,22). The Morgan fingerprint density at radius 3 is 2.78 bits per heavy atom. The molecule has 142 valence electrons. The summed E-state index contributed by atoms with van der Waals surface area (Å²) in [6.07, 6.45) is 0.664. The van der Waals surface area contributed by atoms with Crippen molar-refractivity contribution in [1.82, 2.24) is 5.32 Å². The van der Waals surface area contributed by atoms with E-state index in [1.165, 1.54) is 0 Å². The van der Waals surface area contributed by atoms with Crippen molar-refractivity contribution in [2.24, 2.45) is 0 Å². The second kappa shape index (κ2) is 8.93. The van der Waals surface area contributed by atoms with E-state index in [-0.39, 0.29) is 25.7 Å². The van der Waals surface area contributed by atoms with Crippen LogP contribution in [0, 0.1) is 0 Å². The Bertz CT molecular complexity index is 820. The highest BCUT2D eigenvalue weighted by molar-refractivity contribution is 5.80. The molecular weight excluding hydrogens is 350 g/mol. The maximum Gasteiger partial charge on any atom is 0.306 e. The predicted molar refractivity (Wildman–Crippen MR) is 96.7 cm³/mol. The van der Waals surface area contributed by atoms with Crippen molar-refractivity contribution in [3.05, 3.63) is 53.6 Å². The van der Waals surface area contributed by atoms with Crippen LogP contribution in [0.25, 0.3) is 0 Å². The van der Waals surface area contributed by atoms with Crippen LogP contribution in [0.15, 0.2) is 42.5 Å². The first-order valence-electron chi connectivity index (χ1n) is 8.58. The molecule has 0 radical (unpaired) electrons. The lowest BCUT2D eigenvalue weighted by molar-refractivity contribution is -0.148. The number of para-hydroxylation sites is 1. The van der Waals surface area contributed by atoms with Crippen LogP contribution in [-0.4, -0.2) is 32.4 Å². The van der Waals surface area contributed by atoms with Crippen LogP contribution in [0.5, 0.6) is 17.2 Å². The van der Waals surface area contributed by atoms with Crippen LogP contribution >= 0.6 is 0 Å². The highest BCUT2D eigenvalue weighted by Crippen LogP contribution is 2.32. The van der Waals surface area contributed by atoms with Crippen molar-refractivity contribution in [2.75, 3.05) is 20.5 Å². The molecule has 0 saturated heterocycles. The number of carbonyl (C=O) groups is 2. The zero-order valence-electron chi connectivity index (χ0n) is 15.0. The monoisotopic (exact) mass is 371 g/mol. The van der Waals surface area contributed by atoms with Crippen molar-refractivity contribution >= 4 is 11.9 Å². The number of aryl methyl sites for hydroxylation is 1. The lowest BCUT2D eigenvalue weighted by Gasteiger charge is -2.09. The van der Waals surface area contributed by atoms with E-state index in [1.807, 2.05) is 36.4 Å². The van der Waals surface area contributed by atoms with Gasteiger partial charge in [0.2, 0.25) is 6.79 Å². The Hall–Kier alpha value is -3.22. The molecule has 2 aromatic carbocycles. The molecule has 0 saturated carbocycles. The Labute approximate surface area is 157 Å². The molecule has 1 heterocycles. The molecule has 0 unspecified atom stereocenters. The number of amides is 1. The van der Waals surface area contributed by atoms with Gasteiger partial charge in [-0.3, -0.25) is 9.59 Å². The lowest BCUT2D eigenvalue weighted by Crippen LogP contribution is -2.28. The van der Waals surface area contributed by atoms with Crippen molar-refractivity contribution in [3.63, 3.8) is 0 Å². The van der Waals surface area contributed by atoms with E-state index in [4.69, 9.17) is 18.9 Å². The minimum atomic E-state index is -0.431. The number of rotatable bonds is 8. The first-order chi connectivity index (χ1) is 13.2. The summed E-state index contributed by atoms with van der Waals surface area (Å²) in [5, 5.41) is 2.71. The van der Waals surface area contributed by atoms with E-state index in [0.29, 0.717) is 24.5 Å². The number of benzene rings is 2. The zero-order chi connectivity index (χ0) is 19.1. The average Bonchev–Trinajstić information content (AvgIpc) is 3.17. The molecule has 7 nitrogen and oxygen atoms in total. The predicted octanol–water partition coefficient (Wildman–Crippen LogP) is 2.22. The largest absolute Gasteiger partial charge is 0.496 e. The van der Waals surface area contributed by atoms with Crippen molar-refractivity contribution in [1.29, 1.82) is 0 Å². The maximum atomic E-state index is 11.9. The summed E-state index contributed by atoms with van der Waals surface area (Å²) in [5.74, 6) is 1.28. The summed E-state index contributed by atoms with van der Waals surface area (Å²) in [5.41, 5.74) is 1.79. The second-order valence-corrected chi connectivity index (χ2v) is 5.94. The maximum absolute atomic E-state index is 11.9. The van der Waals surface area contributed by atoms with Gasteiger partial charge in [0.25, 0.3) is 5.91 Å². The molecule has 0 atom stereocenters. The van der Waals surface area contributed by atoms with Crippen LogP contribution in [0.1, 0.15) is 17.5 Å². The third kappa shape index (κ3) is 5.13. The molecule has 27 heavy (non-hydrogen) atoms. The van der Waals surface area contributed by atoms with Gasteiger partial charge < -0.3 is 24.3 Å². The second-order valence-electron chi connectivity index (χ2n) is 5.94. The van der Waals surface area contributed by atoms with Gasteiger partial charge in [-0.1, -0.05) is 24.3 Å². The van der Waals surface area contributed by atoms with Gasteiger partial charge in [0.15, 0.2) is 18.1 Å². The molecule has 1 aliphatic heterocycles. The van der Waals surface area contributed by atoms with Crippen LogP contribution in [0.3, 0.4) is 0 Å². The number of nitrogens with one attached hydrogen (secondary N) is 1. The first kappa shape index (κ1) is 18.6. The van der Waals surface area contributed by atoms with Gasteiger partial charge in [0.1, 0.15) is 5.75 Å². The normalized spacial score (nSPS) is 11.7. The van der Waals surface area contributed by atoms with Gasteiger partial charge in [0.05, 0.1) is 7.11 Å². The van der Waals surface area contributed by atoms with Gasteiger partial charge in [-0.25, -0.2) is 0 Å². The minimum Gasteiger partial charge on any atom is -0.496 e. The zero-order valence-corrected chi connectivity index (χ0v) is 15.0. The van der Waals surface area contributed by atoms with Gasteiger partial charge in [-0.2, -0.15) is 0 Å². The highest BCUT2D eigenvalue weighted by Gasteiger charge is 2.14. The molecule has 1 amide bonds. The van der Waals surface area contributed by atoms with Crippen LogP contribution in [0.4, 0.5) is 0 Å². The van der Waals surface area contributed by atoms with E-state index < -0.39 is 5.97 Å². The Morgan fingerprint density at radius 2 is 1.93 bits per heavy atom.